The van der Waals surface area contributed by atoms with Crippen molar-refractivity contribution < 1.29 is 9.59 Å². The molecule has 1 saturated heterocycles. The van der Waals surface area contributed by atoms with Gasteiger partial charge < -0.3 is 10.2 Å². The van der Waals surface area contributed by atoms with Crippen molar-refractivity contribution in [1.82, 2.24) is 10.2 Å². The fourth-order valence-electron chi connectivity index (χ4n) is 3.39. The highest BCUT2D eigenvalue weighted by Crippen LogP contribution is 2.21. The Balaban J connectivity index is 1.45. The van der Waals surface area contributed by atoms with Crippen molar-refractivity contribution in [2.24, 2.45) is 5.92 Å². The largest absolute Gasteiger partial charge is 0.356 e. The molecule has 5 heteroatoms. The van der Waals surface area contributed by atoms with Crippen LogP contribution in [0.3, 0.4) is 0 Å². The monoisotopic (exact) mass is 384 g/mol. The summed E-state index contributed by atoms with van der Waals surface area (Å²) >= 11 is 5.91. The van der Waals surface area contributed by atoms with Crippen LogP contribution in [-0.4, -0.2) is 29.8 Å². The first-order chi connectivity index (χ1) is 13.1. The predicted molar refractivity (Wildman–Crippen MR) is 107 cm³/mol. The van der Waals surface area contributed by atoms with E-state index in [0.717, 1.165) is 18.4 Å². The second-order valence-corrected chi connectivity index (χ2v) is 7.45. The maximum absolute atomic E-state index is 12.5. The van der Waals surface area contributed by atoms with E-state index in [2.05, 4.69) is 17.4 Å². The molecule has 1 atom stereocenters. The topological polar surface area (TPSA) is 49.4 Å². The lowest BCUT2D eigenvalue weighted by Crippen LogP contribution is -2.45. The summed E-state index contributed by atoms with van der Waals surface area (Å²) in [7, 11) is 0. The summed E-state index contributed by atoms with van der Waals surface area (Å²) in [6.45, 7) is 1.66. The van der Waals surface area contributed by atoms with E-state index in [1.165, 1.54) is 5.56 Å². The lowest BCUT2D eigenvalue weighted by atomic mass is 9.96. The summed E-state index contributed by atoms with van der Waals surface area (Å²) < 4.78 is 0. The van der Waals surface area contributed by atoms with Gasteiger partial charge in [0.2, 0.25) is 11.8 Å². The van der Waals surface area contributed by atoms with Crippen LogP contribution < -0.4 is 5.32 Å². The molecule has 142 valence electrons. The van der Waals surface area contributed by atoms with Crippen LogP contribution in [0.1, 0.15) is 30.4 Å². The van der Waals surface area contributed by atoms with Gasteiger partial charge in [-0.3, -0.25) is 9.59 Å². The van der Waals surface area contributed by atoms with Crippen molar-refractivity contribution in [3.8, 4) is 0 Å². The number of hydrogen-bond donors (Lipinski definition) is 1. The molecule has 27 heavy (non-hydrogen) atoms. The molecule has 2 aromatic carbocycles. The Bertz CT molecular complexity index is 762. The Labute approximate surface area is 165 Å². The number of hydrogen-bond acceptors (Lipinski definition) is 2. The summed E-state index contributed by atoms with van der Waals surface area (Å²) in [5.74, 6) is 0.0291. The Kier molecular flexibility index (Phi) is 6.88. The van der Waals surface area contributed by atoms with Gasteiger partial charge in [0, 0.05) is 31.1 Å². The van der Waals surface area contributed by atoms with Crippen LogP contribution in [0.5, 0.6) is 0 Å². The Morgan fingerprint density at radius 1 is 1.07 bits per heavy atom. The average molecular weight is 385 g/mol. The van der Waals surface area contributed by atoms with Crippen LogP contribution in [0.25, 0.3) is 0 Å². The normalized spacial score (nSPS) is 17.0. The highest BCUT2D eigenvalue weighted by Gasteiger charge is 2.29. The zero-order chi connectivity index (χ0) is 19.1. The second kappa shape index (κ2) is 9.56. The van der Waals surface area contributed by atoms with Crippen molar-refractivity contribution in [3.63, 3.8) is 0 Å². The van der Waals surface area contributed by atoms with Gasteiger partial charge >= 0.3 is 0 Å². The van der Waals surface area contributed by atoms with Gasteiger partial charge in [0.15, 0.2) is 0 Å². The number of nitrogens with one attached hydrogen (secondary N) is 1. The lowest BCUT2D eigenvalue weighted by Gasteiger charge is -2.32. The quantitative estimate of drug-likeness (QED) is 0.737. The molecule has 1 N–H and O–H groups in total. The van der Waals surface area contributed by atoms with Gasteiger partial charge in [0.05, 0.1) is 5.92 Å². The van der Waals surface area contributed by atoms with Crippen LogP contribution in [0.2, 0.25) is 5.02 Å². The number of amides is 2. The number of nitrogens with zero attached hydrogens (tertiary/aromatic N) is 1. The summed E-state index contributed by atoms with van der Waals surface area (Å²) in [5, 5.41) is 3.71. The zero-order valence-corrected chi connectivity index (χ0v) is 16.1. The molecule has 2 amide bonds. The third kappa shape index (κ3) is 5.83. The van der Waals surface area contributed by atoms with E-state index in [4.69, 9.17) is 11.6 Å². The van der Waals surface area contributed by atoms with E-state index in [0.29, 0.717) is 37.5 Å². The minimum Gasteiger partial charge on any atom is -0.356 e. The third-order valence-corrected chi connectivity index (χ3v) is 5.19. The first kappa shape index (κ1) is 19.4. The molecule has 1 fully saturated rings. The number of carbonyl (C=O) groups excluding carboxylic acids is 2. The van der Waals surface area contributed by atoms with Crippen LogP contribution in [-0.2, 0) is 22.6 Å². The Morgan fingerprint density at radius 3 is 2.56 bits per heavy atom. The van der Waals surface area contributed by atoms with Crippen molar-refractivity contribution in [2.45, 2.75) is 32.2 Å². The van der Waals surface area contributed by atoms with Gasteiger partial charge in [0.1, 0.15) is 0 Å². The maximum atomic E-state index is 12.5. The van der Waals surface area contributed by atoms with E-state index in [1.807, 2.05) is 42.5 Å². The van der Waals surface area contributed by atoms with Crippen molar-refractivity contribution in [3.05, 3.63) is 70.7 Å². The minimum absolute atomic E-state index is 0.0525. The summed E-state index contributed by atoms with van der Waals surface area (Å²) in [5.41, 5.74) is 2.31. The molecular formula is C22H25ClN2O2. The number of aryl methyl sites for hydroxylation is 1. The second-order valence-electron chi connectivity index (χ2n) is 7.02. The van der Waals surface area contributed by atoms with Gasteiger partial charge in [-0.15, -0.1) is 0 Å². The van der Waals surface area contributed by atoms with Crippen LogP contribution in [0.15, 0.2) is 54.6 Å². The number of piperidine rings is 1. The highest BCUT2D eigenvalue weighted by atomic mass is 35.5. The molecule has 0 spiro atoms. The molecule has 4 nitrogen and oxygen atoms in total. The number of rotatable bonds is 7. The summed E-state index contributed by atoms with van der Waals surface area (Å²) in [6.07, 6.45) is 2.92. The van der Waals surface area contributed by atoms with E-state index < -0.39 is 0 Å². The molecule has 1 aliphatic rings. The fourth-order valence-corrected chi connectivity index (χ4v) is 3.51. The van der Waals surface area contributed by atoms with E-state index in [1.54, 1.807) is 4.90 Å². The van der Waals surface area contributed by atoms with Gasteiger partial charge in [-0.05, 0) is 42.5 Å². The van der Waals surface area contributed by atoms with Gasteiger partial charge in [-0.25, -0.2) is 0 Å². The van der Waals surface area contributed by atoms with E-state index in [9.17, 15) is 9.59 Å². The highest BCUT2D eigenvalue weighted by molar-refractivity contribution is 6.30. The first-order valence-corrected chi connectivity index (χ1v) is 9.83. The van der Waals surface area contributed by atoms with Crippen LogP contribution in [0, 0.1) is 5.92 Å². The Morgan fingerprint density at radius 2 is 1.81 bits per heavy atom. The molecule has 0 saturated carbocycles. The number of benzene rings is 2. The summed E-state index contributed by atoms with van der Waals surface area (Å²) in [6, 6.07) is 17.7. The van der Waals surface area contributed by atoms with Crippen molar-refractivity contribution in [2.75, 3.05) is 13.1 Å². The van der Waals surface area contributed by atoms with Gasteiger partial charge in [0.25, 0.3) is 0 Å². The molecular weight excluding hydrogens is 360 g/mol. The predicted octanol–water partition coefficient (Wildman–Crippen LogP) is 3.83. The lowest BCUT2D eigenvalue weighted by molar-refractivity contribution is -0.138. The molecule has 0 radical (unpaired) electrons. The first-order valence-electron chi connectivity index (χ1n) is 9.45. The number of halogens is 1. The fraction of sp³-hybridized carbons (Fsp3) is 0.364. The van der Waals surface area contributed by atoms with Gasteiger partial charge in [-0.1, -0.05) is 54.1 Å². The van der Waals surface area contributed by atoms with Crippen molar-refractivity contribution in [1.29, 1.82) is 0 Å². The molecule has 2 aromatic rings. The van der Waals surface area contributed by atoms with Gasteiger partial charge in [-0.2, -0.15) is 0 Å². The molecule has 0 aromatic heterocycles. The molecule has 0 aliphatic carbocycles. The zero-order valence-electron chi connectivity index (χ0n) is 15.4. The minimum atomic E-state index is -0.133. The molecule has 0 bridgehead atoms. The Hall–Kier alpha value is -2.33. The van der Waals surface area contributed by atoms with Crippen LogP contribution >= 0.6 is 11.6 Å². The molecule has 1 aliphatic heterocycles. The SMILES string of the molecule is O=C(NCCCc1ccccc1)[C@H]1CCC(=O)N(Cc2ccc(Cl)cc2)C1. The third-order valence-electron chi connectivity index (χ3n) is 4.94. The smallest absolute Gasteiger partial charge is 0.224 e. The average Bonchev–Trinajstić information content (AvgIpc) is 2.69. The van der Waals surface area contributed by atoms with E-state index in [-0.39, 0.29) is 17.7 Å². The van der Waals surface area contributed by atoms with E-state index >= 15 is 0 Å². The number of likely N-dealkylation sites (tertiary alicyclic amines) is 1. The van der Waals surface area contributed by atoms with Crippen LogP contribution in [0.4, 0.5) is 0 Å². The standard InChI is InChI=1S/C22H25ClN2O2/c23-20-11-8-18(9-12-20)15-25-16-19(10-13-21(25)26)22(27)24-14-4-7-17-5-2-1-3-6-17/h1-3,5-6,8-9,11-12,19H,4,7,10,13-16H2,(H,24,27)/t19-/m0/s1. The summed E-state index contributed by atoms with van der Waals surface area (Å²) in [4.78, 5) is 26.5. The number of carbonyl (C=O) groups is 2. The molecule has 3 rings (SSSR count). The molecule has 1 heterocycles. The maximum Gasteiger partial charge on any atom is 0.224 e. The van der Waals surface area contributed by atoms with Crippen molar-refractivity contribution >= 4 is 23.4 Å². The molecule has 0 unspecified atom stereocenters.